The Morgan fingerprint density at radius 3 is 1.78 bits per heavy atom. The third-order valence-electron chi connectivity index (χ3n) is 8.86. The van der Waals surface area contributed by atoms with Crippen molar-refractivity contribution in [3.05, 3.63) is 60.9 Å². The molecule has 1 unspecified atom stereocenters. The van der Waals surface area contributed by atoms with Crippen LogP contribution in [0.5, 0.6) is 0 Å². The van der Waals surface area contributed by atoms with Crippen LogP contribution >= 0.6 is 7.82 Å². The number of ether oxygens (including phenoxy) is 2. The molecule has 0 aromatic carbocycles. The van der Waals surface area contributed by atoms with Crippen molar-refractivity contribution in [1.29, 1.82) is 0 Å². The quantitative estimate of drug-likeness (QED) is 0.0139. The minimum Gasteiger partial charge on any atom is -0.498 e. The maximum Gasteiger partial charge on any atom is 0.472 e. The number of aliphatic hydroxyl groups excluding tert-OH is 2. The Labute approximate surface area is 336 Å². The van der Waals surface area contributed by atoms with Crippen molar-refractivity contribution in [2.24, 2.45) is 0 Å². The zero-order chi connectivity index (χ0) is 40.9. The van der Waals surface area contributed by atoms with Crippen LogP contribution in [-0.2, 0) is 27.9 Å². The highest BCUT2D eigenvalue weighted by Crippen LogP contribution is 2.43. The monoisotopic (exact) mass is 799 g/mol. The van der Waals surface area contributed by atoms with E-state index in [9.17, 15) is 24.5 Å². The number of phosphoric ester groups is 1. The van der Waals surface area contributed by atoms with Gasteiger partial charge in [0.05, 0.1) is 46.2 Å². The summed E-state index contributed by atoms with van der Waals surface area (Å²) in [5, 5.41) is 20.8. The maximum absolute atomic E-state index is 12.7. The van der Waals surface area contributed by atoms with Crippen LogP contribution in [0.1, 0.15) is 149 Å². The van der Waals surface area contributed by atoms with Gasteiger partial charge in [-0.2, -0.15) is 0 Å². The Bertz CT molecular complexity index is 1100. The van der Waals surface area contributed by atoms with Crippen LogP contribution < -0.4 is 0 Å². The first-order chi connectivity index (χ1) is 26.4. The van der Waals surface area contributed by atoms with E-state index in [0.29, 0.717) is 23.9 Å². The molecule has 0 aliphatic rings. The molecular formula is C44H81NO9P+. The van der Waals surface area contributed by atoms with Gasteiger partial charge in [-0.05, 0) is 63.9 Å². The van der Waals surface area contributed by atoms with E-state index in [1.807, 2.05) is 39.4 Å². The topological polar surface area (TPSA) is 132 Å². The molecule has 0 heterocycles. The van der Waals surface area contributed by atoms with Gasteiger partial charge in [0.1, 0.15) is 19.8 Å². The smallest absolute Gasteiger partial charge is 0.472 e. The molecule has 0 bridgehead atoms. The summed E-state index contributed by atoms with van der Waals surface area (Å²) in [6, 6.07) is 0. The minimum absolute atomic E-state index is 0.00413. The van der Waals surface area contributed by atoms with Gasteiger partial charge in [0, 0.05) is 6.42 Å². The van der Waals surface area contributed by atoms with E-state index < -0.39 is 32.1 Å². The normalized spacial score (nSPS) is 15.5. The van der Waals surface area contributed by atoms with Gasteiger partial charge in [0.2, 0.25) is 0 Å². The fourth-order valence-corrected chi connectivity index (χ4v) is 6.17. The lowest BCUT2D eigenvalue weighted by molar-refractivity contribution is -0.870. The van der Waals surface area contributed by atoms with Gasteiger partial charge in [-0.3, -0.25) is 13.8 Å². The van der Waals surface area contributed by atoms with Gasteiger partial charge in [-0.15, -0.1) is 0 Å². The number of likely N-dealkylation sites (N-methyl/N-ethyl adjacent to an activating group) is 1. The van der Waals surface area contributed by atoms with E-state index >= 15 is 0 Å². The fourth-order valence-electron chi connectivity index (χ4n) is 5.43. The van der Waals surface area contributed by atoms with Crippen LogP contribution in [0, 0.1) is 0 Å². The molecule has 0 radical (unpaired) electrons. The first-order valence-corrected chi connectivity index (χ1v) is 22.7. The zero-order valence-corrected chi connectivity index (χ0v) is 36.3. The Kier molecular flexibility index (Phi) is 35.0. The molecule has 0 aliphatic heterocycles. The number of rotatable bonds is 38. The molecular weight excluding hydrogens is 717 g/mol. The SMILES string of the molecule is CC/C=C\C/C=C\C/C=C\C/C=C\C[C@@H](O)[C@H](O)CCCC(=O)O[C@H](CO/C=C/CCCCCCCCCCCCCC)COP(=O)(O)OCC[N+](C)(C)C. The fraction of sp³-hybridized carbons (Fsp3) is 0.750. The van der Waals surface area contributed by atoms with Gasteiger partial charge in [0.25, 0.3) is 0 Å². The predicted octanol–water partition coefficient (Wildman–Crippen LogP) is 10.4. The molecule has 0 saturated carbocycles. The van der Waals surface area contributed by atoms with E-state index in [4.69, 9.17) is 18.5 Å². The standard InChI is InChI=1S/C44H80NO9P/c1-6-8-10-12-14-16-18-20-21-23-25-27-29-31-37-51-39-41(40-53-55(49,50)52-38-36-45(3,4)5)54-44(48)35-32-34-43(47)42(46)33-30-28-26-24-22-19-17-15-13-11-9-7-2/h9,11,15,17,22,24,28,30-31,37,41-43,46-47H,6-8,10,12-14,16,18-21,23,25-27,29,32-36,38-40H2,1-5H3/p+1/b11-9-,17-15-,24-22-,30-28-,37-31+/t41-,42-,43-/m1/s1. The molecule has 4 atom stereocenters. The molecule has 0 fully saturated rings. The summed E-state index contributed by atoms with van der Waals surface area (Å²) in [5.41, 5.74) is 0. The molecule has 0 aromatic heterocycles. The number of unbranched alkanes of at least 4 members (excludes halogenated alkanes) is 12. The number of allylic oxidation sites excluding steroid dienone is 8. The largest absolute Gasteiger partial charge is 0.498 e. The average molecular weight is 799 g/mol. The molecule has 55 heavy (non-hydrogen) atoms. The third-order valence-corrected chi connectivity index (χ3v) is 9.84. The number of carbonyl (C=O) groups excluding carboxylic acids is 1. The summed E-state index contributed by atoms with van der Waals surface area (Å²) in [6.45, 7) is 4.46. The number of hydrogen-bond donors (Lipinski definition) is 3. The Hall–Kier alpha value is -2.04. The van der Waals surface area contributed by atoms with E-state index in [1.165, 1.54) is 70.6 Å². The van der Waals surface area contributed by atoms with Gasteiger partial charge >= 0.3 is 13.8 Å². The van der Waals surface area contributed by atoms with Crippen molar-refractivity contribution in [3.63, 3.8) is 0 Å². The van der Waals surface area contributed by atoms with Gasteiger partial charge < -0.3 is 29.1 Å². The third kappa shape index (κ3) is 38.6. The number of carbonyl (C=O) groups is 1. The highest BCUT2D eigenvalue weighted by molar-refractivity contribution is 7.47. The molecule has 0 aliphatic carbocycles. The zero-order valence-electron chi connectivity index (χ0n) is 35.4. The van der Waals surface area contributed by atoms with E-state index in [0.717, 1.165) is 38.5 Å². The van der Waals surface area contributed by atoms with Crippen molar-refractivity contribution in [1.82, 2.24) is 0 Å². The van der Waals surface area contributed by atoms with Crippen molar-refractivity contribution in [2.75, 3.05) is 47.5 Å². The molecule has 0 aromatic rings. The number of quaternary nitrogens is 1. The van der Waals surface area contributed by atoms with Crippen molar-refractivity contribution < 1.29 is 47.5 Å². The van der Waals surface area contributed by atoms with Crippen LogP contribution in [0.25, 0.3) is 0 Å². The second kappa shape index (κ2) is 36.3. The highest BCUT2D eigenvalue weighted by atomic mass is 31.2. The minimum atomic E-state index is -4.37. The summed E-state index contributed by atoms with van der Waals surface area (Å²) in [7, 11) is 1.45. The first-order valence-electron chi connectivity index (χ1n) is 21.2. The molecule has 0 rings (SSSR count). The van der Waals surface area contributed by atoms with Crippen LogP contribution in [0.4, 0.5) is 0 Å². The molecule has 0 saturated heterocycles. The second-order valence-corrected chi connectivity index (χ2v) is 16.8. The summed E-state index contributed by atoms with van der Waals surface area (Å²) in [5.74, 6) is -0.558. The van der Waals surface area contributed by atoms with Crippen LogP contribution in [0.3, 0.4) is 0 Å². The Morgan fingerprint density at radius 2 is 1.22 bits per heavy atom. The molecule has 0 spiro atoms. The Balaban J connectivity index is 4.59. The average Bonchev–Trinajstić information content (AvgIpc) is 3.13. The number of phosphoric acid groups is 1. The number of hydrogen-bond acceptors (Lipinski definition) is 8. The lowest BCUT2D eigenvalue weighted by atomic mass is 10.0. The lowest BCUT2D eigenvalue weighted by Gasteiger charge is -2.24. The van der Waals surface area contributed by atoms with E-state index in [-0.39, 0.29) is 32.7 Å². The van der Waals surface area contributed by atoms with Crippen molar-refractivity contribution >= 4 is 13.8 Å². The van der Waals surface area contributed by atoms with Gasteiger partial charge in [0.15, 0.2) is 6.10 Å². The molecule has 320 valence electrons. The van der Waals surface area contributed by atoms with E-state index in [1.54, 1.807) is 6.26 Å². The van der Waals surface area contributed by atoms with Crippen LogP contribution in [0.2, 0.25) is 0 Å². The summed E-state index contributed by atoms with van der Waals surface area (Å²) in [4.78, 5) is 22.9. The molecule has 3 N–H and O–H groups in total. The van der Waals surface area contributed by atoms with E-state index in [2.05, 4.69) is 50.3 Å². The van der Waals surface area contributed by atoms with Gasteiger partial charge in [-0.1, -0.05) is 133 Å². The van der Waals surface area contributed by atoms with Crippen LogP contribution in [-0.4, -0.2) is 91.4 Å². The number of nitrogens with zero attached hydrogens (tertiary/aromatic N) is 1. The van der Waals surface area contributed by atoms with Crippen molar-refractivity contribution in [3.8, 4) is 0 Å². The Morgan fingerprint density at radius 1 is 0.673 bits per heavy atom. The van der Waals surface area contributed by atoms with Gasteiger partial charge in [-0.25, -0.2) is 4.57 Å². The molecule has 10 nitrogen and oxygen atoms in total. The van der Waals surface area contributed by atoms with Crippen molar-refractivity contribution in [2.45, 2.75) is 167 Å². The second-order valence-electron chi connectivity index (χ2n) is 15.4. The summed E-state index contributed by atoms with van der Waals surface area (Å²) < 4.78 is 34.4. The molecule has 0 amide bonds. The first kappa shape index (κ1) is 53.0. The van der Waals surface area contributed by atoms with Crippen LogP contribution in [0.15, 0.2) is 60.9 Å². The highest BCUT2D eigenvalue weighted by Gasteiger charge is 2.26. The molecule has 11 heteroatoms. The number of aliphatic hydroxyl groups is 2. The number of esters is 1. The summed E-state index contributed by atoms with van der Waals surface area (Å²) in [6.07, 6.45) is 38.0. The maximum atomic E-state index is 12.7. The summed E-state index contributed by atoms with van der Waals surface area (Å²) >= 11 is 0. The predicted molar refractivity (Wildman–Crippen MR) is 226 cm³/mol. The lowest BCUT2D eigenvalue weighted by Crippen LogP contribution is -2.37.